The van der Waals surface area contributed by atoms with Crippen molar-refractivity contribution in [3.63, 3.8) is 0 Å². The Morgan fingerprint density at radius 1 is 0.630 bits per heavy atom. The van der Waals surface area contributed by atoms with E-state index < -0.39 is 18.3 Å². The minimum atomic E-state index is -0.661. The summed E-state index contributed by atoms with van der Waals surface area (Å²) in [7, 11) is 0. The van der Waals surface area contributed by atoms with Gasteiger partial charge < -0.3 is 30.2 Å². The molecule has 0 saturated carbocycles. The van der Waals surface area contributed by atoms with Crippen molar-refractivity contribution in [2.75, 3.05) is 19.6 Å². The van der Waals surface area contributed by atoms with Crippen LogP contribution in [0.3, 0.4) is 0 Å². The molecule has 1 rings (SSSR count). The molecule has 0 unspecified atom stereocenters. The zero-order valence-corrected chi connectivity index (χ0v) is 15.9. The zero-order valence-electron chi connectivity index (χ0n) is 15.9. The van der Waals surface area contributed by atoms with Gasteiger partial charge in [-0.25, -0.2) is 14.4 Å². The van der Waals surface area contributed by atoms with Gasteiger partial charge in [0.05, 0.1) is 0 Å². The van der Waals surface area contributed by atoms with Crippen LogP contribution in [0.1, 0.15) is 40.0 Å². The normalized spacial score (nSPS) is 9.89. The maximum atomic E-state index is 11.7. The largest absolute Gasteiger partial charge is 0.412 e. The maximum absolute atomic E-state index is 11.7. The van der Waals surface area contributed by atoms with Crippen LogP contribution in [-0.4, -0.2) is 37.9 Å². The Kier molecular flexibility index (Phi) is 10.1. The van der Waals surface area contributed by atoms with Crippen molar-refractivity contribution in [3.8, 4) is 17.2 Å². The predicted molar refractivity (Wildman–Crippen MR) is 99.4 cm³/mol. The van der Waals surface area contributed by atoms with Gasteiger partial charge >= 0.3 is 18.3 Å². The lowest BCUT2D eigenvalue weighted by Gasteiger charge is -2.12. The van der Waals surface area contributed by atoms with Crippen LogP contribution in [0, 0.1) is 0 Å². The molecule has 0 saturated heterocycles. The Labute approximate surface area is 158 Å². The topological polar surface area (TPSA) is 115 Å². The summed E-state index contributed by atoms with van der Waals surface area (Å²) in [6.45, 7) is 7.09. The molecule has 1 aromatic rings. The second kappa shape index (κ2) is 12.4. The summed E-state index contributed by atoms with van der Waals surface area (Å²) in [4.78, 5) is 35.2. The van der Waals surface area contributed by atoms with Gasteiger partial charge in [0.1, 0.15) is 17.2 Å². The predicted octanol–water partition coefficient (Wildman–Crippen LogP) is 3.18. The van der Waals surface area contributed by atoms with Crippen LogP contribution in [-0.2, 0) is 0 Å². The molecular weight excluding hydrogens is 354 g/mol. The first-order valence-corrected chi connectivity index (χ1v) is 9.00. The molecule has 0 spiro atoms. The van der Waals surface area contributed by atoms with E-state index in [1.165, 1.54) is 18.2 Å². The lowest BCUT2D eigenvalue weighted by molar-refractivity contribution is 0.197. The summed E-state index contributed by atoms with van der Waals surface area (Å²) in [6.07, 6.45) is 0.272. The fourth-order valence-corrected chi connectivity index (χ4v) is 1.83. The van der Waals surface area contributed by atoms with Crippen molar-refractivity contribution >= 4 is 18.3 Å². The smallest absolute Gasteiger partial charge is 0.410 e. The van der Waals surface area contributed by atoms with Crippen LogP contribution in [0.25, 0.3) is 0 Å². The summed E-state index contributed by atoms with van der Waals surface area (Å²) in [5.41, 5.74) is 0. The van der Waals surface area contributed by atoms with Gasteiger partial charge in [-0.3, -0.25) is 0 Å². The van der Waals surface area contributed by atoms with Crippen molar-refractivity contribution in [2.24, 2.45) is 0 Å². The molecule has 0 bridgehead atoms. The van der Waals surface area contributed by atoms with E-state index in [1.54, 1.807) is 0 Å². The Bertz CT molecular complexity index is 537. The summed E-state index contributed by atoms with van der Waals surface area (Å²) in [5.74, 6) is 0.216. The third-order valence-corrected chi connectivity index (χ3v) is 3.04. The summed E-state index contributed by atoms with van der Waals surface area (Å²) in [6, 6.07) is 4.07. The van der Waals surface area contributed by atoms with Gasteiger partial charge in [-0.2, -0.15) is 0 Å². The third-order valence-electron chi connectivity index (χ3n) is 3.04. The molecular formula is C18H27N3O6. The van der Waals surface area contributed by atoms with Crippen LogP contribution in [0.5, 0.6) is 17.2 Å². The number of benzene rings is 1. The minimum absolute atomic E-state index is 0.0719. The summed E-state index contributed by atoms with van der Waals surface area (Å²) < 4.78 is 15.4. The average molecular weight is 381 g/mol. The standard InChI is InChI=1S/C18H27N3O6/c1-4-7-19-16(22)25-13-10-14(26-17(23)20-8-5-2)12-15(11-13)27-18(24)21-9-6-3/h10-12H,4-9H2,1-3H3,(H,19,22)(H,20,23)(H,21,24). The van der Waals surface area contributed by atoms with Crippen LogP contribution in [0.4, 0.5) is 14.4 Å². The van der Waals surface area contributed by atoms with E-state index in [4.69, 9.17) is 14.2 Å². The van der Waals surface area contributed by atoms with Gasteiger partial charge in [0.15, 0.2) is 0 Å². The molecule has 0 aliphatic heterocycles. The molecule has 0 radical (unpaired) electrons. The van der Waals surface area contributed by atoms with Gasteiger partial charge in [-0.05, 0) is 19.3 Å². The van der Waals surface area contributed by atoms with Gasteiger partial charge in [0.2, 0.25) is 0 Å². The molecule has 0 fully saturated rings. The highest BCUT2D eigenvalue weighted by Crippen LogP contribution is 2.28. The number of amides is 3. The van der Waals surface area contributed by atoms with Gasteiger partial charge in [0.25, 0.3) is 0 Å². The van der Waals surface area contributed by atoms with E-state index in [9.17, 15) is 14.4 Å². The number of hydrogen-bond donors (Lipinski definition) is 3. The highest BCUT2D eigenvalue weighted by Gasteiger charge is 2.13. The van der Waals surface area contributed by atoms with Crippen molar-refractivity contribution < 1.29 is 28.6 Å². The van der Waals surface area contributed by atoms with Crippen molar-refractivity contribution in [3.05, 3.63) is 18.2 Å². The minimum Gasteiger partial charge on any atom is -0.410 e. The van der Waals surface area contributed by atoms with E-state index in [2.05, 4.69) is 16.0 Å². The molecule has 0 aliphatic rings. The average Bonchev–Trinajstić information content (AvgIpc) is 2.62. The Balaban J connectivity index is 2.90. The molecule has 9 heteroatoms. The van der Waals surface area contributed by atoms with E-state index in [1.807, 2.05) is 20.8 Å². The number of ether oxygens (including phenoxy) is 3. The number of nitrogens with one attached hydrogen (secondary N) is 3. The van der Waals surface area contributed by atoms with Gasteiger partial charge in [0, 0.05) is 37.8 Å². The third kappa shape index (κ3) is 9.34. The molecule has 3 amide bonds. The first-order chi connectivity index (χ1) is 13.0. The van der Waals surface area contributed by atoms with Crippen molar-refractivity contribution in [1.82, 2.24) is 16.0 Å². The number of carbonyl (C=O) groups is 3. The summed E-state index contributed by atoms with van der Waals surface area (Å²) >= 11 is 0. The second-order valence-corrected chi connectivity index (χ2v) is 5.59. The fourth-order valence-electron chi connectivity index (χ4n) is 1.83. The van der Waals surface area contributed by atoms with Crippen LogP contribution in [0.15, 0.2) is 18.2 Å². The first-order valence-electron chi connectivity index (χ1n) is 9.00. The van der Waals surface area contributed by atoms with Crippen molar-refractivity contribution in [2.45, 2.75) is 40.0 Å². The molecule has 1 aromatic carbocycles. The molecule has 0 aromatic heterocycles. The number of carbonyl (C=O) groups excluding carboxylic acids is 3. The molecule has 0 heterocycles. The fraction of sp³-hybridized carbons (Fsp3) is 0.500. The van der Waals surface area contributed by atoms with Crippen LogP contribution >= 0.6 is 0 Å². The Morgan fingerprint density at radius 3 is 1.11 bits per heavy atom. The highest BCUT2D eigenvalue weighted by molar-refractivity contribution is 5.74. The molecule has 27 heavy (non-hydrogen) atoms. The van der Waals surface area contributed by atoms with Crippen LogP contribution < -0.4 is 30.2 Å². The lowest BCUT2D eigenvalue weighted by atomic mass is 10.3. The Morgan fingerprint density at radius 2 is 0.889 bits per heavy atom. The van der Waals surface area contributed by atoms with E-state index in [0.29, 0.717) is 19.6 Å². The number of rotatable bonds is 9. The lowest BCUT2D eigenvalue weighted by Crippen LogP contribution is -2.29. The highest BCUT2D eigenvalue weighted by atomic mass is 16.6. The number of hydrogen-bond acceptors (Lipinski definition) is 6. The van der Waals surface area contributed by atoms with E-state index in [0.717, 1.165) is 19.3 Å². The molecule has 9 nitrogen and oxygen atoms in total. The first kappa shape index (κ1) is 22.1. The Hall–Kier alpha value is -2.97. The monoisotopic (exact) mass is 381 g/mol. The van der Waals surface area contributed by atoms with Gasteiger partial charge in [-0.15, -0.1) is 0 Å². The van der Waals surface area contributed by atoms with E-state index >= 15 is 0 Å². The quantitative estimate of drug-likeness (QED) is 0.605. The zero-order chi connectivity index (χ0) is 20.1. The molecule has 0 aliphatic carbocycles. The van der Waals surface area contributed by atoms with Crippen LogP contribution in [0.2, 0.25) is 0 Å². The maximum Gasteiger partial charge on any atom is 0.412 e. The summed E-state index contributed by atoms with van der Waals surface area (Å²) in [5, 5.41) is 7.67. The second-order valence-electron chi connectivity index (χ2n) is 5.59. The van der Waals surface area contributed by atoms with Gasteiger partial charge in [-0.1, -0.05) is 20.8 Å². The SMILES string of the molecule is CCCNC(=O)Oc1cc(OC(=O)NCCC)cc(OC(=O)NCCC)c1. The molecule has 3 N–H and O–H groups in total. The van der Waals surface area contributed by atoms with E-state index in [-0.39, 0.29) is 17.2 Å². The molecule has 150 valence electrons. The van der Waals surface area contributed by atoms with Crippen molar-refractivity contribution in [1.29, 1.82) is 0 Å². The molecule has 0 atom stereocenters.